The van der Waals surface area contributed by atoms with E-state index in [2.05, 4.69) is 31.9 Å². The fraction of sp³-hybridized carbons (Fsp3) is 0. The second-order valence-corrected chi connectivity index (χ2v) is 6.16. The molecule has 2 aromatic carbocycles. The van der Waals surface area contributed by atoms with Gasteiger partial charge in [0.2, 0.25) is 5.78 Å². The lowest BCUT2D eigenvalue weighted by Crippen LogP contribution is -1.98. The first kappa shape index (κ1) is 14.2. The number of carbonyl (C=O) groups excluding carboxylic acids is 1. The van der Waals surface area contributed by atoms with Gasteiger partial charge < -0.3 is 14.9 Å². The van der Waals surface area contributed by atoms with Gasteiger partial charge in [0, 0.05) is 6.07 Å². The van der Waals surface area contributed by atoms with Crippen molar-refractivity contribution in [1.82, 2.24) is 0 Å². The van der Waals surface area contributed by atoms with Gasteiger partial charge in [-0.2, -0.15) is 0 Å². The van der Waals surface area contributed by atoms with Gasteiger partial charge >= 0.3 is 0 Å². The average Bonchev–Trinajstić information content (AvgIpc) is 2.72. The van der Waals surface area contributed by atoms with Crippen LogP contribution in [0, 0.1) is 0 Å². The van der Waals surface area contributed by atoms with E-state index < -0.39 is 0 Å². The summed E-state index contributed by atoms with van der Waals surface area (Å²) >= 11 is 6.46. The third-order valence-electron chi connectivity index (χ3n) is 2.99. The minimum Gasteiger partial charge on any atom is -0.508 e. The van der Waals surface area contributed by atoms with Gasteiger partial charge in [0.15, 0.2) is 5.76 Å². The highest BCUT2D eigenvalue weighted by molar-refractivity contribution is 9.11. The van der Waals surface area contributed by atoms with Crippen LogP contribution in [0.25, 0.3) is 6.08 Å². The van der Waals surface area contributed by atoms with Crippen molar-refractivity contribution in [1.29, 1.82) is 0 Å². The van der Waals surface area contributed by atoms with E-state index in [0.29, 0.717) is 25.8 Å². The fourth-order valence-corrected chi connectivity index (χ4v) is 3.22. The maximum Gasteiger partial charge on any atom is 0.231 e. The molecular formula is C15H8Br2O4. The number of phenolic OH excluding ortho intramolecular Hbond substituents is 2. The number of halogens is 2. The number of carbonyl (C=O) groups is 1. The molecule has 0 saturated heterocycles. The molecule has 3 rings (SSSR count). The zero-order valence-corrected chi connectivity index (χ0v) is 13.6. The molecular weight excluding hydrogens is 404 g/mol. The molecule has 1 heterocycles. The maximum atomic E-state index is 12.2. The number of benzene rings is 2. The summed E-state index contributed by atoms with van der Waals surface area (Å²) in [5.41, 5.74) is 1.10. The molecule has 2 N–H and O–H groups in total. The molecule has 4 nitrogen and oxygen atoms in total. The van der Waals surface area contributed by atoms with Gasteiger partial charge in [0.1, 0.15) is 17.2 Å². The number of allylic oxidation sites excluding steroid dienone is 1. The molecule has 0 spiro atoms. The largest absolute Gasteiger partial charge is 0.508 e. The molecule has 0 amide bonds. The number of aromatic hydroxyl groups is 2. The minimum atomic E-state index is -0.245. The van der Waals surface area contributed by atoms with Crippen LogP contribution in [0.1, 0.15) is 15.9 Å². The van der Waals surface area contributed by atoms with Crippen LogP contribution in [0.4, 0.5) is 0 Å². The van der Waals surface area contributed by atoms with Gasteiger partial charge in [-0.3, -0.25) is 4.79 Å². The van der Waals surface area contributed by atoms with Gasteiger partial charge in [-0.05, 0) is 67.8 Å². The van der Waals surface area contributed by atoms with Gasteiger partial charge in [-0.1, -0.05) is 0 Å². The van der Waals surface area contributed by atoms with Crippen LogP contribution in [0.5, 0.6) is 17.2 Å². The Hall–Kier alpha value is -1.79. The Kier molecular flexibility index (Phi) is 3.51. The van der Waals surface area contributed by atoms with Gasteiger partial charge in [0.05, 0.1) is 14.5 Å². The number of fused-ring (bicyclic) bond motifs is 1. The van der Waals surface area contributed by atoms with E-state index in [1.807, 2.05) is 0 Å². The molecule has 0 atom stereocenters. The van der Waals surface area contributed by atoms with E-state index in [-0.39, 0.29) is 23.0 Å². The first-order chi connectivity index (χ1) is 9.95. The van der Waals surface area contributed by atoms with Crippen LogP contribution >= 0.6 is 31.9 Å². The van der Waals surface area contributed by atoms with Crippen molar-refractivity contribution in [2.75, 3.05) is 0 Å². The number of Topliss-reactive ketones (excluding diaryl/α,β-unsaturated/α-hetero) is 1. The third-order valence-corrected chi connectivity index (χ3v) is 4.20. The van der Waals surface area contributed by atoms with Crippen LogP contribution in [0.15, 0.2) is 45.0 Å². The highest BCUT2D eigenvalue weighted by atomic mass is 79.9. The van der Waals surface area contributed by atoms with E-state index >= 15 is 0 Å². The van der Waals surface area contributed by atoms with E-state index in [4.69, 9.17) is 4.74 Å². The SMILES string of the molecule is O=C1/C(=C/c2cc(Br)c(O)c(Br)c2)Oc2cc(O)ccc21. The molecule has 0 bridgehead atoms. The van der Waals surface area contributed by atoms with E-state index in [0.717, 1.165) is 0 Å². The summed E-state index contributed by atoms with van der Waals surface area (Å²) in [5.74, 6) is 0.385. The zero-order valence-electron chi connectivity index (χ0n) is 10.4. The predicted octanol–water partition coefficient (Wildman–Crippen LogP) is 4.24. The van der Waals surface area contributed by atoms with Crippen molar-refractivity contribution in [2.45, 2.75) is 0 Å². The summed E-state index contributed by atoms with van der Waals surface area (Å²) < 4.78 is 6.48. The quantitative estimate of drug-likeness (QED) is 0.688. The molecule has 0 unspecified atom stereocenters. The standard InChI is InChI=1S/C15H8Br2O4/c16-10-3-7(4-11(17)15(10)20)5-13-14(19)9-2-1-8(18)6-12(9)21-13/h1-6,18,20H/b13-5-. The molecule has 0 aliphatic carbocycles. The zero-order chi connectivity index (χ0) is 15.1. The number of hydrogen-bond acceptors (Lipinski definition) is 4. The number of hydrogen-bond donors (Lipinski definition) is 2. The van der Waals surface area contributed by atoms with Crippen molar-refractivity contribution in [3.63, 3.8) is 0 Å². The van der Waals surface area contributed by atoms with Crippen molar-refractivity contribution in [2.24, 2.45) is 0 Å². The Morgan fingerprint density at radius 3 is 2.38 bits per heavy atom. The molecule has 0 fully saturated rings. The van der Waals surface area contributed by atoms with Crippen LogP contribution in [-0.2, 0) is 0 Å². The Bertz CT molecular complexity index is 773. The smallest absolute Gasteiger partial charge is 0.231 e. The maximum absolute atomic E-state index is 12.2. The van der Waals surface area contributed by atoms with Gasteiger partial charge in [-0.15, -0.1) is 0 Å². The van der Waals surface area contributed by atoms with Gasteiger partial charge in [0.25, 0.3) is 0 Å². The first-order valence-electron chi connectivity index (χ1n) is 5.91. The normalized spacial score (nSPS) is 15.1. The molecule has 106 valence electrons. The number of ketones is 1. The Balaban J connectivity index is 2.01. The lowest BCUT2D eigenvalue weighted by molar-refractivity contribution is 0.101. The number of rotatable bonds is 1. The molecule has 0 aromatic heterocycles. The fourth-order valence-electron chi connectivity index (χ4n) is 2.00. The summed E-state index contributed by atoms with van der Waals surface area (Å²) in [7, 11) is 0. The monoisotopic (exact) mass is 410 g/mol. The molecule has 21 heavy (non-hydrogen) atoms. The number of phenols is 2. The summed E-state index contributed by atoms with van der Waals surface area (Å²) in [6.07, 6.45) is 1.58. The van der Waals surface area contributed by atoms with E-state index in [1.165, 1.54) is 18.2 Å². The van der Waals surface area contributed by atoms with Crippen LogP contribution < -0.4 is 4.74 Å². The summed E-state index contributed by atoms with van der Waals surface area (Å²) in [5, 5.41) is 19.1. The van der Waals surface area contributed by atoms with Crippen molar-refractivity contribution >= 4 is 43.7 Å². The lowest BCUT2D eigenvalue weighted by Gasteiger charge is -2.03. The van der Waals surface area contributed by atoms with Crippen LogP contribution in [0.3, 0.4) is 0 Å². The Labute approximate surface area is 136 Å². The Morgan fingerprint density at radius 1 is 1.05 bits per heavy atom. The number of ether oxygens (including phenoxy) is 1. The average molecular weight is 412 g/mol. The summed E-state index contributed by atoms with van der Waals surface area (Å²) in [6, 6.07) is 7.71. The molecule has 2 aromatic rings. The lowest BCUT2D eigenvalue weighted by atomic mass is 10.1. The predicted molar refractivity (Wildman–Crippen MR) is 84.5 cm³/mol. The molecule has 6 heteroatoms. The molecule has 1 aliphatic heterocycles. The van der Waals surface area contributed by atoms with Crippen LogP contribution in [0.2, 0.25) is 0 Å². The molecule has 1 aliphatic rings. The highest BCUT2D eigenvalue weighted by Crippen LogP contribution is 2.37. The minimum absolute atomic E-state index is 0.0397. The first-order valence-corrected chi connectivity index (χ1v) is 7.49. The second kappa shape index (κ2) is 5.20. The summed E-state index contributed by atoms with van der Waals surface area (Å²) in [4.78, 5) is 12.2. The molecule has 0 saturated carbocycles. The highest BCUT2D eigenvalue weighted by Gasteiger charge is 2.27. The second-order valence-electron chi connectivity index (χ2n) is 4.45. The topological polar surface area (TPSA) is 66.8 Å². The van der Waals surface area contributed by atoms with E-state index in [1.54, 1.807) is 18.2 Å². The van der Waals surface area contributed by atoms with Crippen molar-refractivity contribution < 1.29 is 19.7 Å². The van der Waals surface area contributed by atoms with E-state index in [9.17, 15) is 15.0 Å². The Morgan fingerprint density at radius 2 is 1.71 bits per heavy atom. The molecule has 0 radical (unpaired) electrons. The van der Waals surface area contributed by atoms with Crippen molar-refractivity contribution in [3.05, 3.63) is 56.2 Å². The van der Waals surface area contributed by atoms with Crippen molar-refractivity contribution in [3.8, 4) is 17.2 Å². The summed E-state index contributed by atoms with van der Waals surface area (Å²) in [6.45, 7) is 0. The van der Waals surface area contributed by atoms with Gasteiger partial charge in [-0.25, -0.2) is 0 Å². The van der Waals surface area contributed by atoms with Crippen LogP contribution in [-0.4, -0.2) is 16.0 Å². The third kappa shape index (κ3) is 2.56.